The number of hydrogen-bond donors (Lipinski definition) is 2. The van der Waals surface area contributed by atoms with Gasteiger partial charge in [0.25, 0.3) is 0 Å². The average molecular weight is 453 g/mol. The zero-order chi connectivity index (χ0) is 23.5. The topological polar surface area (TPSA) is 85.5 Å². The van der Waals surface area contributed by atoms with Crippen LogP contribution in [0.1, 0.15) is 12.5 Å². The molecule has 34 heavy (non-hydrogen) atoms. The molecule has 0 spiro atoms. The SMILES string of the molecule is CCOc1nn(-c2ccccc2)c(NC(=O)Nc2c(-c3ccccc3)nn3ccccc23)c1C. The largest absolute Gasteiger partial charge is 0.477 e. The van der Waals surface area contributed by atoms with E-state index in [0.29, 0.717) is 29.7 Å². The number of hydrogen-bond acceptors (Lipinski definition) is 4. The highest BCUT2D eigenvalue weighted by atomic mass is 16.5. The molecule has 170 valence electrons. The predicted octanol–water partition coefficient (Wildman–Crippen LogP) is 5.54. The molecule has 2 amide bonds. The Morgan fingerprint density at radius 3 is 2.35 bits per heavy atom. The van der Waals surface area contributed by atoms with Gasteiger partial charge in [-0.15, -0.1) is 5.10 Å². The van der Waals surface area contributed by atoms with E-state index in [-0.39, 0.29) is 0 Å². The van der Waals surface area contributed by atoms with Gasteiger partial charge in [-0.25, -0.2) is 14.0 Å². The minimum absolute atomic E-state index is 0.404. The van der Waals surface area contributed by atoms with Gasteiger partial charge in [-0.05, 0) is 38.1 Å². The highest BCUT2D eigenvalue weighted by Crippen LogP contribution is 2.32. The second-order valence-corrected chi connectivity index (χ2v) is 7.66. The summed E-state index contributed by atoms with van der Waals surface area (Å²) in [5, 5.41) is 15.2. The highest BCUT2D eigenvalue weighted by Gasteiger charge is 2.21. The zero-order valence-corrected chi connectivity index (χ0v) is 18.9. The van der Waals surface area contributed by atoms with Gasteiger partial charge in [0, 0.05) is 11.8 Å². The lowest BCUT2D eigenvalue weighted by Crippen LogP contribution is -2.22. The monoisotopic (exact) mass is 452 g/mol. The Kier molecular flexibility index (Phi) is 5.70. The molecule has 8 nitrogen and oxygen atoms in total. The Bertz CT molecular complexity index is 1440. The molecule has 0 saturated carbocycles. The number of rotatable bonds is 6. The summed E-state index contributed by atoms with van der Waals surface area (Å²) in [5.41, 5.74) is 4.56. The Balaban J connectivity index is 1.51. The van der Waals surface area contributed by atoms with Crippen molar-refractivity contribution in [3.8, 4) is 22.8 Å². The van der Waals surface area contributed by atoms with Crippen molar-refractivity contribution in [3.05, 3.63) is 90.6 Å². The number of nitrogens with zero attached hydrogens (tertiary/aromatic N) is 4. The van der Waals surface area contributed by atoms with Gasteiger partial charge in [-0.2, -0.15) is 5.10 Å². The van der Waals surface area contributed by atoms with Gasteiger partial charge in [-0.1, -0.05) is 54.6 Å². The summed E-state index contributed by atoms with van der Waals surface area (Å²) in [6.45, 7) is 4.25. The second kappa shape index (κ2) is 9.11. The number of benzene rings is 2. The van der Waals surface area contributed by atoms with Gasteiger partial charge in [0.15, 0.2) is 0 Å². The molecule has 0 saturated heterocycles. The standard InChI is InChI=1S/C26H24N6O2/c1-3-34-25-18(2)24(32(30-25)20-14-8-5-9-15-20)28-26(33)27-23-21-16-10-11-17-31(21)29-22(23)19-12-6-4-7-13-19/h4-17H,3H2,1-2H3,(H2,27,28,33). The average Bonchev–Trinajstić information content (AvgIpc) is 3.38. The number of aromatic nitrogens is 4. The quantitative estimate of drug-likeness (QED) is 0.354. The van der Waals surface area contributed by atoms with Gasteiger partial charge in [0.1, 0.15) is 11.5 Å². The third-order valence-corrected chi connectivity index (χ3v) is 5.42. The summed E-state index contributed by atoms with van der Waals surface area (Å²) >= 11 is 0. The molecule has 0 unspecified atom stereocenters. The Morgan fingerprint density at radius 1 is 0.912 bits per heavy atom. The number of carbonyl (C=O) groups is 1. The molecule has 3 aromatic heterocycles. The number of fused-ring (bicyclic) bond motifs is 1. The first-order chi connectivity index (χ1) is 16.7. The molecule has 0 fully saturated rings. The van der Waals surface area contributed by atoms with Gasteiger partial charge < -0.3 is 10.1 Å². The molecule has 0 radical (unpaired) electrons. The lowest BCUT2D eigenvalue weighted by molar-refractivity contribution is 0.262. The van der Waals surface area contributed by atoms with E-state index in [2.05, 4.69) is 15.7 Å². The number of para-hydroxylation sites is 1. The van der Waals surface area contributed by atoms with E-state index in [0.717, 1.165) is 22.3 Å². The summed E-state index contributed by atoms with van der Waals surface area (Å²) in [4.78, 5) is 13.3. The normalized spacial score (nSPS) is 10.9. The molecule has 0 bridgehead atoms. The maximum Gasteiger partial charge on any atom is 0.324 e. The number of amides is 2. The fraction of sp³-hybridized carbons (Fsp3) is 0.115. The van der Waals surface area contributed by atoms with Gasteiger partial charge in [-0.3, -0.25) is 5.32 Å². The van der Waals surface area contributed by atoms with Gasteiger partial charge in [0.2, 0.25) is 5.88 Å². The Hall–Kier alpha value is -4.59. The van der Waals surface area contributed by atoms with Crippen LogP contribution in [0.3, 0.4) is 0 Å². The van der Waals surface area contributed by atoms with Gasteiger partial charge in [0.05, 0.1) is 29.1 Å². The van der Waals surface area contributed by atoms with Crippen LogP contribution in [-0.2, 0) is 0 Å². The molecule has 0 atom stereocenters. The molecular formula is C26H24N6O2. The molecule has 0 aliphatic carbocycles. The molecule has 2 aromatic carbocycles. The van der Waals surface area contributed by atoms with Gasteiger partial charge >= 0.3 is 6.03 Å². The van der Waals surface area contributed by atoms with Crippen molar-refractivity contribution >= 4 is 23.1 Å². The molecule has 5 aromatic rings. The van der Waals surface area contributed by atoms with Crippen LogP contribution in [0.4, 0.5) is 16.3 Å². The van der Waals surface area contributed by atoms with Crippen LogP contribution in [0.15, 0.2) is 85.1 Å². The minimum atomic E-state index is -0.404. The first-order valence-electron chi connectivity index (χ1n) is 11.0. The molecular weight excluding hydrogens is 428 g/mol. The number of anilines is 2. The molecule has 0 aliphatic heterocycles. The Morgan fingerprint density at radius 2 is 1.62 bits per heavy atom. The zero-order valence-electron chi connectivity index (χ0n) is 18.9. The van der Waals surface area contributed by atoms with Crippen LogP contribution in [0.25, 0.3) is 22.5 Å². The lowest BCUT2D eigenvalue weighted by atomic mass is 10.1. The smallest absolute Gasteiger partial charge is 0.324 e. The number of pyridine rings is 1. The second-order valence-electron chi connectivity index (χ2n) is 7.66. The third-order valence-electron chi connectivity index (χ3n) is 5.42. The van der Waals surface area contributed by atoms with Crippen LogP contribution < -0.4 is 15.4 Å². The van der Waals surface area contributed by atoms with Crippen LogP contribution in [-0.4, -0.2) is 32.0 Å². The summed E-state index contributed by atoms with van der Waals surface area (Å²) in [7, 11) is 0. The molecule has 8 heteroatoms. The highest BCUT2D eigenvalue weighted by molar-refractivity contribution is 6.05. The Labute approximate surface area is 196 Å². The van der Waals surface area contributed by atoms with E-state index in [1.807, 2.05) is 98.9 Å². The summed E-state index contributed by atoms with van der Waals surface area (Å²) in [5.74, 6) is 1.01. The van der Waals surface area contributed by atoms with Crippen molar-refractivity contribution in [1.82, 2.24) is 19.4 Å². The van der Waals surface area contributed by atoms with Crippen LogP contribution in [0, 0.1) is 6.92 Å². The summed E-state index contributed by atoms with van der Waals surface area (Å²) in [6, 6.07) is 24.7. The summed E-state index contributed by atoms with van der Waals surface area (Å²) in [6.07, 6.45) is 1.86. The molecule has 3 heterocycles. The van der Waals surface area contributed by atoms with Crippen LogP contribution in [0.2, 0.25) is 0 Å². The summed E-state index contributed by atoms with van der Waals surface area (Å²) < 4.78 is 9.11. The maximum atomic E-state index is 13.3. The molecule has 0 aliphatic rings. The predicted molar refractivity (Wildman–Crippen MR) is 133 cm³/mol. The van der Waals surface area contributed by atoms with Crippen LogP contribution in [0.5, 0.6) is 5.88 Å². The lowest BCUT2D eigenvalue weighted by Gasteiger charge is -2.11. The van der Waals surface area contributed by atoms with Crippen molar-refractivity contribution in [3.63, 3.8) is 0 Å². The van der Waals surface area contributed by atoms with E-state index in [1.165, 1.54) is 0 Å². The third kappa shape index (κ3) is 3.97. The van der Waals surface area contributed by atoms with Crippen molar-refractivity contribution in [2.45, 2.75) is 13.8 Å². The first-order valence-corrected chi connectivity index (χ1v) is 11.0. The van der Waals surface area contributed by atoms with Crippen molar-refractivity contribution in [2.24, 2.45) is 0 Å². The molecule has 2 N–H and O–H groups in total. The van der Waals surface area contributed by atoms with Crippen molar-refractivity contribution in [1.29, 1.82) is 0 Å². The van der Waals surface area contributed by atoms with Crippen LogP contribution >= 0.6 is 0 Å². The number of carbonyl (C=O) groups excluding carboxylic acids is 1. The number of urea groups is 1. The van der Waals surface area contributed by atoms with E-state index in [4.69, 9.17) is 9.84 Å². The van der Waals surface area contributed by atoms with E-state index < -0.39 is 6.03 Å². The fourth-order valence-corrected chi connectivity index (χ4v) is 3.82. The molecule has 5 rings (SSSR count). The first kappa shape index (κ1) is 21.3. The minimum Gasteiger partial charge on any atom is -0.477 e. The van der Waals surface area contributed by atoms with Crippen molar-refractivity contribution in [2.75, 3.05) is 17.2 Å². The van der Waals surface area contributed by atoms with Crippen molar-refractivity contribution < 1.29 is 9.53 Å². The maximum absolute atomic E-state index is 13.3. The van der Waals surface area contributed by atoms with E-state index in [1.54, 1.807) is 9.20 Å². The fourth-order valence-electron chi connectivity index (χ4n) is 3.82. The number of ether oxygens (including phenoxy) is 1. The van der Waals surface area contributed by atoms with E-state index in [9.17, 15) is 4.79 Å². The number of nitrogens with one attached hydrogen (secondary N) is 2. The van der Waals surface area contributed by atoms with E-state index >= 15 is 0 Å².